The zero-order chi connectivity index (χ0) is 13.1. The van der Waals surface area contributed by atoms with Crippen molar-refractivity contribution in [2.75, 3.05) is 0 Å². The molecule has 0 aliphatic rings. The number of aliphatic hydroxyl groups excluding tert-OH is 1. The van der Waals surface area contributed by atoms with Gasteiger partial charge in [-0.2, -0.15) is 0 Å². The molecule has 0 aliphatic heterocycles. The van der Waals surface area contributed by atoms with E-state index >= 15 is 0 Å². The molecule has 0 saturated carbocycles. The molecule has 0 aliphatic carbocycles. The molecule has 0 spiro atoms. The third-order valence-corrected chi connectivity index (χ3v) is 3.00. The lowest BCUT2D eigenvalue weighted by molar-refractivity contribution is 0.173. The van der Waals surface area contributed by atoms with Crippen LogP contribution >= 0.6 is 0 Å². The Hall–Kier alpha value is -1.74. The van der Waals surface area contributed by atoms with Crippen molar-refractivity contribution in [2.45, 2.75) is 26.4 Å². The average Bonchev–Trinajstić information content (AvgIpc) is 2.32. The lowest BCUT2D eigenvalue weighted by Gasteiger charge is -2.12. The average molecular weight is 245 g/mol. The fourth-order valence-electron chi connectivity index (χ4n) is 1.94. The molecule has 0 radical (unpaired) electrons. The standard InChI is InChI=1S/C15H16FNO/c1-10-5-6-17-14(7-10)15(18)9-12-3-4-13(16)8-11(12)2/h3-8,15,18H,9H2,1-2H3. The van der Waals surface area contributed by atoms with Gasteiger partial charge in [0.1, 0.15) is 5.82 Å². The third-order valence-electron chi connectivity index (χ3n) is 3.00. The number of hydrogen-bond acceptors (Lipinski definition) is 2. The van der Waals surface area contributed by atoms with Gasteiger partial charge in [0.05, 0.1) is 11.8 Å². The molecule has 1 heterocycles. The first-order valence-electron chi connectivity index (χ1n) is 5.92. The smallest absolute Gasteiger partial charge is 0.123 e. The van der Waals surface area contributed by atoms with E-state index in [2.05, 4.69) is 4.98 Å². The lowest BCUT2D eigenvalue weighted by Crippen LogP contribution is -2.05. The minimum absolute atomic E-state index is 0.251. The van der Waals surface area contributed by atoms with Crippen molar-refractivity contribution >= 4 is 0 Å². The van der Waals surface area contributed by atoms with E-state index in [1.807, 2.05) is 26.0 Å². The number of halogens is 1. The summed E-state index contributed by atoms with van der Waals surface area (Å²) in [6, 6.07) is 8.36. The fraction of sp³-hybridized carbons (Fsp3) is 0.267. The summed E-state index contributed by atoms with van der Waals surface area (Å²) in [7, 11) is 0. The van der Waals surface area contributed by atoms with Gasteiger partial charge in [-0.1, -0.05) is 6.07 Å². The Kier molecular flexibility index (Phi) is 3.72. The van der Waals surface area contributed by atoms with Gasteiger partial charge in [0.15, 0.2) is 0 Å². The molecule has 2 nitrogen and oxygen atoms in total. The Morgan fingerprint density at radius 2 is 2.00 bits per heavy atom. The molecule has 1 N–H and O–H groups in total. The number of benzene rings is 1. The monoisotopic (exact) mass is 245 g/mol. The summed E-state index contributed by atoms with van der Waals surface area (Å²) < 4.78 is 13.0. The summed E-state index contributed by atoms with van der Waals surface area (Å²) in [6.45, 7) is 3.80. The Morgan fingerprint density at radius 3 is 2.67 bits per heavy atom. The first-order chi connectivity index (χ1) is 8.56. The summed E-state index contributed by atoms with van der Waals surface area (Å²) >= 11 is 0. The van der Waals surface area contributed by atoms with Gasteiger partial charge in [0.25, 0.3) is 0 Å². The molecule has 0 amide bonds. The van der Waals surface area contributed by atoms with Crippen molar-refractivity contribution in [1.29, 1.82) is 0 Å². The fourth-order valence-corrected chi connectivity index (χ4v) is 1.94. The van der Waals surface area contributed by atoms with Gasteiger partial charge in [-0.25, -0.2) is 4.39 Å². The maximum absolute atomic E-state index is 13.0. The zero-order valence-corrected chi connectivity index (χ0v) is 10.5. The zero-order valence-electron chi connectivity index (χ0n) is 10.5. The molecule has 18 heavy (non-hydrogen) atoms. The summed E-state index contributed by atoms with van der Waals surface area (Å²) in [5, 5.41) is 10.1. The van der Waals surface area contributed by atoms with E-state index in [9.17, 15) is 9.50 Å². The third kappa shape index (κ3) is 2.93. The first-order valence-corrected chi connectivity index (χ1v) is 5.92. The maximum Gasteiger partial charge on any atom is 0.123 e. The van der Waals surface area contributed by atoms with E-state index in [1.165, 1.54) is 12.1 Å². The van der Waals surface area contributed by atoms with Crippen molar-refractivity contribution in [3.63, 3.8) is 0 Å². The Morgan fingerprint density at radius 1 is 1.22 bits per heavy atom. The van der Waals surface area contributed by atoms with Crippen LogP contribution in [0.5, 0.6) is 0 Å². The highest BCUT2D eigenvalue weighted by Gasteiger charge is 2.11. The quantitative estimate of drug-likeness (QED) is 0.901. The van der Waals surface area contributed by atoms with E-state index < -0.39 is 6.10 Å². The molecule has 94 valence electrons. The summed E-state index contributed by atoms with van der Waals surface area (Å²) in [4.78, 5) is 4.16. The molecule has 3 heteroatoms. The molecule has 2 aromatic rings. The van der Waals surface area contributed by atoms with Crippen LogP contribution in [0.1, 0.15) is 28.5 Å². The largest absolute Gasteiger partial charge is 0.386 e. The van der Waals surface area contributed by atoms with E-state index in [4.69, 9.17) is 0 Å². The van der Waals surface area contributed by atoms with E-state index in [0.29, 0.717) is 12.1 Å². The number of pyridine rings is 1. The van der Waals surface area contributed by atoms with Crippen LogP contribution in [-0.4, -0.2) is 10.1 Å². The number of hydrogen-bond donors (Lipinski definition) is 1. The molecule has 1 aromatic heterocycles. The van der Waals surface area contributed by atoms with Gasteiger partial charge < -0.3 is 5.11 Å². The van der Waals surface area contributed by atoms with E-state index in [1.54, 1.807) is 12.3 Å². The number of aromatic nitrogens is 1. The van der Waals surface area contributed by atoms with Crippen molar-refractivity contribution in [1.82, 2.24) is 4.98 Å². The molecule has 1 unspecified atom stereocenters. The van der Waals surface area contributed by atoms with Crippen molar-refractivity contribution in [3.05, 3.63) is 64.7 Å². The highest BCUT2D eigenvalue weighted by Crippen LogP contribution is 2.20. The highest BCUT2D eigenvalue weighted by molar-refractivity contribution is 5.28. The molecule has 1 aromatic carbocycles. The molecular formula is C15H16FNO. The van der Waals surface area contributed by atoms with Crippen molar-refractivity contribution in [3.8, 4) is 0 Å². The van der Waals surface area contributed by atoms with Crippen LogP contribution in [0.15, 0.2) is 36.5 Å². The van der Waals surface area contributed by atoms with Gasteiger partial charge in [-0.05, 0) is 54.8 Å². The van der Waals surface area contributed by atoms with Gasteiger partial charge in [0, 0.05) is 12.6 Å². The summed E-state index contributed by atoms with van der Waals surface area (Å²) in [6.07, 6.45) is 1.47. The summed E-state index contributed by atoms with van der Waals surface area (Å²) in [5.41, 5.74) is 3.50. The van der Waals surface area contributed by atoms with Gasteiger partial charge in [-0.3, -0.25) is 4.98 Å². The molecule has 2 rings (SSSR count). The summed E-state index contributed by atoms with van der Waals surface area (Å²) in [5.74, 6) is -0.251. The highest BCUT2D eigenvalue weighted by atomic mass is 19.1. The van der Waals surface area contributed by atoms with E-state index in [-0.39, 0.29) is 5.82 Å². The topological polar surface area (TPSA) is 33.1 Å². The SMILES string of the molecule is Cc1ccnc(C(O)Cc2ccc(F)cc2C)c1. The first kappa shape index (κ1) is 12.7. The van der Waals surface area contributed by atoms with Crippen molar-refractivity contribution in [2.24, 2.45) is 0 Å². The minimum Gasteiger partial charge on any atom is -0.386 e. The predicted octanol–water partition coefficient (Wildman–Crippen LogP) is 3.11. The van der Waals surface area contributed by atoms with Crippen LogP contribution < -0.4 is 0 Å². The number of aryl methyl sites for hydroxylation is 2. The Bertz CT molecular complexity index is 554. The van der Waals surface area contributed by atoms with Crippen LogP contribution in [0.25, 0.3) is 0 Å². The second kappa shape index (κ2) is 5.27. The van der Waals surface area contributed by atoms with Crippen molar-refractivity contribution < 1.29 is 9.50 Å². The van der Waals surface area contributed by atoms with Crippen LogP contribution in [0.3, 0.4) is 0 Å². The van der Waals surface area contributed by atoms with Crippen LogP contribution in [0.4, 0.5) is 4.39 Å². The number of rotatable bonds is 3. The molecular weight excluding hydrogens is 229 g/mol. The molecule has 0 fully saturated rings. The van der Waals surface area contributed by atoms with Crippen LogP contribution in [0.2, 0.25) is 0 Å². The predicted molar refractivity (Wildman–Crippen MR) is 68.8 cm³/mol. The minimum atomic E-state index is -0.658. The lowest BCUT2D eigenvalue weighted by atomic mass is 10.00. The van der Waals surface area contributed by atoms with Gasteiger partial charge >= 0.3 is 0 Å². The molecule has 0 bridgehead atoms. The van der Waals surface area contributed by atoms with Gasteiger partial charge in [-0.15, -0.1) is 0 Å². The Labute approximate surface area is 106 Å². The molecule has 1 atom stereocenters. The van der Waals surface area contributed by atoms with E-state index in [0.717, 1.165) is 16.7 Å². The maximum atomic E-state index is 13.0. The normalized spacial score (nSPS) is 12.4. The number of aliphatic hydroxyl groups is 1. The second-order valence-electron chi connectivity index (χ2n) is 4.55. The Balaban J connectivity index is 2.18. The molecule has 0 saturated heterocycles. The second-order valence-corrected chi connectivity index (χ2v) is 4.55. The number of nitrogens with zero attached hydrogens (tertiary/aromatic N) is 1. The van der Waals surface area contributed by atoms with Crippen LogP contribution in [-0.2, 0) is 6.42 Å². The van der Waals surface area contributed by atoms with Crippen LogP contribution in [0, 0.1) is 19.7 Å². The van der Waals surface area contributed by atoms with Gasteiger partial charge in [0.2, 0.25) is 0 Å².